The fourth-order valence-electron chi connectivity index (χ4n) is 5.10. The minimum atomic E-state index is -0.246. The second kappa shape index (κ2) is 9.78. The summed E-state index contributed by atoms with van der Waals surface area (Å²) in [6.45, 7) is 4.37. The van der Waals surface area contributed by atoms with Crippen molar-refractivity contribution in [1.29, 1.82) is 0 Å². The smallest absolute Gasteiger partial charge is 0.273 e. The van der Waals surface area contributed by atoms with Crippen molar-refractivity contribution in [2.45, 2.75) is 45.6 Å². The minimum absolute atomic E-state index is 0.0267. The maximum atomic E-state index is 13.4. The minimum Gasteiger partial charge on any atom is -0.399 e. The van der Waals surface area contributed by atoms with Gasteiger partial charge in [-0.05, 0) is 55.2 Å². The molecule has 3 aliphatic rings. The number of anilines is 1. The average molecular weight is 488 g/mol. The van der Waals surface area contributed by atoms with E-state index in [9.17, 15) is 9.59 Å². The van der Waals surface area contributed by atoms with E-state index in [0.717, 1.165) is 30.6 Å². The molecule has 0 unspecified atom stereocenters. The largest absolute Gasteiger partial charge is 0.399 e. The molecule has 5 rings (SSSR count). The molecule has 0 atom stereocenters. The molecule has 4 N–H and O–H groups in total. The summed E-state index contributed by atoms with van der Waals surface area (Å²) in [6.07, 6.45) is 6.47. The average Bonchev–Trinajstić information content (AvgIpc) is 2.97. The summed E-state index contributed by atoms with van der Waals surface area (Å²) < 4.78 is 0. The predicted molar refractivity (Wildman–Crippen MR) is 140 cm³/mol. The number of carbonyl (C=O) groups is 2. The molecule has 2 aromatic rings. The standard InChI is InChI=1S/C28H33N5O3/c1-2-12-33(36-16-19-4-8-23(29)9-5-19)27(35)22-13-20-6-7-21(14-24(20)31-25(30)15-22)26(34)32-17-28(18-32)10-3-11-28/h4-9,13-14H,2-3,10-12,15-18,29H2,1H3,(H2,30,31). The molecule has 2 aliphatic heterocycles. The lowest BCUT2D eigenvalue weighted by molar-refractivity contribution is -0.187. The lowest BCUT2D eigenvalue weighted by atomic mass is 9.63. The van der Waals surface area contributed by atoms with Crippen molar-refractivity contribution in [2.75, 3.05) is 25.4 Å². The Balaban J connectivity index is 1.32. The Kier molecular flexibility index (Phi) is 6.53. The first kappa shape index (κ1) is 24.1. The Morgan fingerprint density at radius 3 is 2.53 bits per heavy atom. The van der Waals surface area contributed by atoms with Gasteiger partial charge in [0.15, 0.2) is 0 Å². The summed E-state index contributed by atoms with van der Waals surface area (Å²) in [4.78, 5) is 38.7. The monoisotopic (exact) mass is 487 g/mol. The van der Waals surface area contributed by atoms with Gasteiger partial charge in [-0.1, -0.05) is 31.5 Å². The van der Waals surface area contributed by atoms with Crippen LogP contribution in [0.1, 0.15) is 60.5 Å². The molecule has 0 bridgehead atoms. The highest BCUT2D eigenvalue weighted by atomic mass is 16.7. The Labute approximate surface area is 211 Å². The Morgan fingerprint density at radius 1 is 1.11 bits per heavy atom. The van der Waals surface area contributed by atoms with Gasteiger partial charge in [0.2, 0.25) is 0 Å². The van der Waals surface area contributed by atoms with E-state index < -0.39 is 0 Å². The van der Waals surface area contributed by atoms with Gasteiger partial charge in [-0.3, -0.25) is 14.4 Å². The highest BCUT2D eigenvalue weighted by molar-refractivity contribution is 6.05. The summed E-state index contributed by atoms with van der Waals surface area (Å²) in [5.41, 5.74) is 16.4. The molecule has 1 saturated carbocycles. The predicted octanol–water partition coefficient (Wildman–Crippen LogP) is 4.04. The number of carbonyl (C=O) groups excluding carboxylic acids is 2. The highest BCUT2D eigenvalue weighted by Crippen LogP contribution is 2.48. The number of aliphatic imine (C=N–C) groups is 1. The number of benzene rings is 2. The molecule has 8 nitrogen and oxygen atoms in total. The van der Waals surface area contributed by atoms with Gasteiger partial charge >= 0.3 is 0 Å². The summed E-state index contributed by atoms with van der Waals surface area (Å²) in [5.74, 6) is 0.105. The third-order valence-electron chi connectivity index (χ3n) is 7.29. The zero-order valence-electron chi connectivity index (χ0n) is 20.7. The fourth-order valence-corrected chi connectivity index (χ4v) is 5.10. The van der Waals surface area contributed by atoms with Gasteiger partial charge < -0.3 is 16.4 Å². The molecule has 2 fully saturated rings. The van der Waals surface area contributed by atoms with Crippen LogP contribution in [-0.4, -0.2) is 47.2 Å². The van der Waals surface area contributed by atoms with Crippen molar-refractivity contribution in [3.8, 4) is 0 Å². The van der Waals surface area contributed by atoms with E-state index in [0.29, 0.717) is 40.3 Å². The van der Waals surface area contributed by atoms with Crippen molar-refractivity contribution in [2.24, 2.45) is 16.1 Å². The van der Waals surface area contributed by atoms with Crippen LogP contribution in [0.3, 0.4) is 0 Å². The van der Waals surface area contributed by atoms with Crippen LogP contribution in [0.25, 0.3) is 6.08 Å². The number of nitrogen functional groups attached to an aromatic ring is 1. The highest BCUT2D eigenvalue weighted by Gasteiger charge is 2.49. The molecule has 8 heteroatoms. The van der Waals surface area contributed by atoms with Gasteiger partial charge in [0.25, 0.3) is 11.8 Å². The van der Waals surface area contributed by atoms with Gasteiger partial charge in [0.1, 0.15) is 12.4 Å². The Bertz CT molecular complexity index is 1220. The molecule has 0 radical (unpaired) electrons. The van der Waals surface area contributed by atoms with Crippen LogP contribution in [0.5, 0.6) is 0 Å². The topological polar surface area (TPSA) is 114 Å². The van der Waals surface area contributed by atoms with Crippen molar-refractivity contribution >= 4 is 35.1 Å². The van der Waals surface area contributed by atoms with Crippen LogP contribution < -0.4 is 11.5 Å². The van der Waals surface area contributed by atoms with Crippen LogP contribution in [0, 0.1) is 5.41 Å². The van der Waals surface area contributed by atoms with Gasteiger partial charge in [0, 0.05) is 53.9 Å². The van der Waals surface area contributed by atoms with Crippen LogP contribution in [-0.2, 0) is 16.2 Å². The first-order chi connectivity index (χ1) is 17.4. The lowest BCUT2D eigenvalue weighted by Crippen LogP contribution is -2.61. The molecular weight excluding hydrogens is 454 g/mol. The molecular formula is C28H33N5O3. The maximum Gasteiger partial charge on any atom is 0.273 e. The third-order valence-corrected chi connectivity index (χ3v) is 7.29. The number of likely N-dealkylation sites (tertiary alicyclic amines) is 1. The number of amides is 2. The van der Waals surface area contributed by atoms with E-state index in [1.54, 1.807) is 24.3 Å². The summed E-state index contributed by atoms with van der Waals surface area (Å²) in [5, 5.41) is 1.39. The van der Waals surface area contributed by atoms with Crippen LogP contribution in [0.2, 0.25) is 0 Å². The SMILES string of the molecule is CCCN(OCc1ccc(N)cc1)C(=O)C1=Cc2ccc(C(=O)N3CC4(CCC4)C3)cc2N=C(N)C1. The van der Waals surface area contributed by atoms with Crippen LogP contribution in [0.15, 0.2) is 53.0 Å². The second-order valence-electron chi connectivity index (χ2n) is 10.2. The summed E-state index contributed by atoms with van der Waals surface area (Å²) >= 11 is 0. The van der Waals surface area contributed by atoms with E-state index in [1.807, 2.05) is 36.1 Å². The number of hydrogen-bond acceptors (Lipinski definition) is 6. The maximum absolute atomic E-state index is 13.4. The number of fused-ring (bicyclic) bond motifs is 1. The van der Waals surface area contributed by atoms with Gasteiger partial charge in [-0.2, -0.15) is 0 Å². The van der Waals surface area contributed by atoms with Gasteiger partial charge in [0.05, 0.1) is 5.69 Å². The number of rotatable bonds is 7. The van der Waals surface area contributed by atoms with E-state index in [1.165, 1.54) is 24.3 Å². The van der Waals surface area contributed by atoms with Crippen molar-refractivity contribution in [3.05, 3.63) is 64.7 Å². The van der Waals surface area contributed by atoms with Crippen molar-refractivity contribution in [3.63, 3.8) is 0 Å². The number of nitrogens with two attached hydrogens (primary N) is 2. The van der Waals surface area contributed by atoms with Crippen molar-refractivity contribution in [1.82, 2.24) is 9.96 Å². The van der Waals surface area contributed by atoms with E-state index in [2.05, 4.69) is 4.99 Å². The number of nitrogens with zero attached hydrogens (tertiary/aromatic N) is 3. The quantitative estimate of drug-likeness (QED) is 0.452. The van der Waals surface area contributed by atoms with E-state index >= 15 is 0 Å². The third kappa shape index (κ3) is 4.86. The summed E-state index contributed by atoms with van der Waals surface area (Å²) in [7, 11) is 0. The molecule has 2 heterocycles. The molecule has 2 amide bonds. The van der Waals surface area contributed by atoms with E-state index in [-0.39, 0.29) is 24.8 Å². The first-order valence-corrected chi connectivity index (χ1v) is 12.6. The van der Waals surface area contributed by atoms with Crippen LogP contribution >= 0.6 is 0 Å². The molecule has 36 heavy (non-hydrogen) atoms. The molecule has 1 saturated heterocycles. The lowest BCUT2D eigenvalue weighted by Gasteiger charge is -2.55. The van der Waals surface area contributed by atoms with E-state index in [4.69, 9.17) is 16.3 Å². The molecule has 2 aromatic carbocycles. The number of hydroxylamine groups is 2. The Morgan fingerprint density at radius 2 is 1.86 bits per heavy atom. The molecule has 1 spiro atoms. The summed E-state index contributed by atoms with van der Waals surface area (Å²) in [6, 6.07) is 12.8. The normalized spacial score (nSPS) is 17.8. The zero-order valence-corrected chi connectivity index (χ0v) is 20.7. The van der Waals surface area contributed by atoms with Gasteiger partial charge in [-0.15, -0.1) is 0 Å². The van der Waals surface area contributed by atoms with Crippen molar-refractivity contribution < 1.29 is 14.4 Å². The van der Waals surface area contributed by atoms with Gasteiger partial charge in [-0.25, -0.2) is 10.1 Å². The fraction of sp³-hybridized carbons (Fsp3) is 0.393. The molecule has 1 aliphatic carbocycles. The zero-order chi connectivity index (χ0) is 25.3. The Hall–Kier alpha value is -3.65. The number of hydrogen-bond donors (Lipinski definition) is 2. The van der Waals surface area contributed by atoms with Crippen LogP contribution in [0.4, 0.5) is 11.4 Å². The molecule has 188 valence electrons. The molecule has 0 aromatic heterocycles. The number of amidine groups is 1. The second-order valence-corrected chi connectivity index (χ2v) is 10.2. The first-order valence-electron chi connectivity index (χ1n) is 12.6.